The number of rotatable bonds is 6. The van der Waals surface area contributed by atoms with Gasteiger partial charge in [-0.25, -0.2) is 0 Å². The highest BCUT2D eigenvalue weighted by atomic mass is 16.3. The summed E-state index contributed by atoms with van der Waals surface area (Å²) in [5, 5.41) is 14.5. The molecule has 0 aromatic heterocycles. The molecular weight excluding hydrogens is 308 g/mol. The lowest BCUT2D eigenvalue weighted by Gasteiger charge is -2.35. The number of anilines is 1. The number of aliphatic hydroxyl groups excluding tert-OH is 1. The molecule has 0 radical (unpaired) electrons. The van der Waals surface area contributed by atoms with Crippen LogP contribution in [0.3, 0.4) is 0 Å². The molecule has 1 atom stereocenters. The molecular formula is C22H28N2O. The Morgan fingerprint density at radius 3 is 2.16 bits per heavy atom. The third-order valence-electron chi connectivity index (χ3n) is 5.95. The fraction of sp³-hybridized carbons (Fsp3) is 0.455. The van der Waals surface area contributed by atoms with Crippen molar-refractivity contribution >= 4 is 5.69 Å². The first kappa shape index (κ1) is 16.6. The van der Waals surface area contributed by atoms with Crippen molar-refractivity contribution in [1.82, 2.24) is 5.32 Å². The molecule has 1 aliphatic heterocycles. The molecule has 1 saturated heterocycles. The number of para-hydroxylation sites is 1. The highest BCUT2D eigenvalue weighted by molar-refractivity contribution is 5.46. The van der Waals surface area contributed by atoms with Crippen molar-refractivity contribution in [3.05, 3.63) is 66.2 Å². The van der Waals surface area contributed by atoms with Gasteiger partial charge >= 0.3 is 0 Å². The Morgan fingerprint density at radius 2 is 1.56 bits per heavy atom. The van der Waals surface area contributed by atoms with E-state index in [4.69, 9.17) is 0 Å². The maximum atomic E-state index is 10.8. The number of benzene rings is 2. The minimum atomic E-state index is -0.342. The molecule has 25 heavy (non-hydrogen) atoms. The fourth-order valence-electron chi connectivity index (χ4n) is 4.02. The molecule has 0 bridgehead atoms. The number of nitrogens with zero attached hydrogens (tertiary/aromatic N) is 1. The molecule has 132 valence electrons. The number of nitrogens with one attached hydrogen (secondary N) is 1. The second-order valence-electron chi connectivity index (χ2n) is 7.65. The molecule has 1 saturated carbocycles. The average molecular weight is 336 g/mol. The summed E-state index contributed by atoms with van der Waals surface area (Å²) in [6.07, 6.45) is 4.25. The maximum absolute atomic E-state index is 10.8. The van der Waals surface area contributed by atoms with Crippen LogP contribution in [0.15, 0.2) is 60.7 Å². The van der Waals surface area contributed by atoms with Crippen LogP contribution in [0.5, 0.6) is 0 Å². The summed E-state index contributed by atoms with van der Waals surface area (Å²) in [5.41, 5.74) is 2.44. The average Bonchev–Trinajstić information content (AvgIpc) is 3.49. The second kappa shape index (κ2) is 7.19. The van der Waals surface area contributed by atoms with E-state index in [1.807, 2.05) is 30.3 Å². The van der Waals surface area contributed by atoms with Crippen LogP contribution in [0.25, 0.3) is 0 Å². The van der Waals surface area contributed by atoms with E-state index in [1.165, 1.54) is 18.5 Å². The van der Waals surface area contributed by atoms with Gasteiger partial charge in [0.25, 0.3) is 0 Å². The molecule has 3 nitrogen and oxygen atoms in total. The SMILES string of the molecule is OC(c1ccccc1)C1(CNC2CCN(c3ccccc3)CC2)CC1. The largest absolute Gasteiger partial charge is 0.388 e. The normalized spacial score (nSPS) is 21.1. The van der Waals surface area contributed by atoms with E-state index in [1.54, 1.807) is 0 Å². The number of hydrogen-bond donors (Lipinski definition) is 2. The summed E-state index contributed by atoms with van der Waals surface area (Å²) in [6.45, 7) is 3.14. The Hall–Kier alpha value is -1.84. The van der Waals surface area contributed by atoms with Crippen molar-refractivity contribution in [2.24, 2.45) is 5.41 Å². The lowest BCUT2D eigenvalue weighted by molar-refractivity contribution is 0.0892. The van der Waals surface area contributed by atoms with Crippen molar-refractivity contribution in [1.29, 1.82) is 0 Å². The summed E-state index contributed by atoms with van der Waals surface area (Å²) < 4.78 is 0. The molecule has 0 amide bonds. The standard InChI is InChI=1S/C22H28N2O/c25-21(18-7-3-1-4-8-18)22(13-14-22)17-23-19-11-15-24(16-12-19)20-9-5-2-6-10-20/h1-10,19,21,23,25H,11-17H2. The van der Waals surface area contributed by atoms with Crippen molar-refractivity contribution in [3.63, 3.8) is 0 Å². The van der Waals surface area contributed by atoms with Crippen molar-refractivity contribution in [2.45, 2.75) is 37.8 Å². The van der Waals surface area contributed by atoms with Crippen LogP contribution in [0.2, 0.25) is 0 Å². The van der Waals surface area contributed by atoms with Crippen LogP contribution in [-0.2, 0) is 0 Å². The van der Waals surface area contributed by atoms with Crippen LogP contribution >= 0.6 is 0 Å². The zero-order valence-electron chi connectivity index (χ0n) is 14.8. The van der Waals surface area contributed by atoms with Crippen molar-refractivity contribution < 1.29 is 5.11 Å². The Balaban J connectivity index is 1.28. The van der Waals surface area contributed by atoms with Gasteiger partial charge in [0.1, 0.15) is 0 Å². The molecule has 2 aromatic rings. The van der Waals surface area contributed by atoms with E-state index >= 15 is 0 Å². The van der Waals surface area contributed by atoms with Gasteiger partial charge < -0.3 is 15.3 Å². The first-order chi connectivity index (χ1) is 12.3. The van der Waals surface area contributed by atoms with Gasteiger partial charge in [-0.15, -0.1) is 0 Å². The van der Waals surface area contributed by atoms with Crippen LogP contribution in [0.1, 0.15) is 37.4 Å². The van der Waals surface area contributed by atoms with E-state index in [0.717, 1.165) is 38.0 Å². The predicted octanol–water partition coefficient (Wildman–Crippen LogP) is 3.76. The second-order valence-corrected chi connectivity index (χ2v) is 7.65. The van der Waals surface area contributed by atoms with Gasteiger partial charge in [0.2, 0.25) is 0 Å². The monoisotopic (exact) mass is 336 g/mol. The van der Waals surface area contributed by atoms with Gasteiger partial charge in [-0.2, -0.15) is 0 Å². The third-order valence-corrected chi connectivity index (χ3v) is 5.95. The Morgan fingerprint density at radius 1 is 0.960 bits per heavy atom. The van der Waals surface area contributed by atoms with E-state index in [0.29, 0.717) is 6.04 Å². The molecule has 1 heterocycles. The minimum absolute atomic E-state index is 0.0535. The molecule has 2 N–H and O–H groups in total. The van der Waals surface area contributed by atoms with Crippen LogP contribution in [-0.4, -0.2) is 30.8 Å². The summed E-state index contributed by atoms with van der Waals surface area (Å²) >= 11 is 0. The zero-order chi connectivity index (χ0) is 17.1. The van der Waals surface area contributed by atoms with E-state index in [9.17, 15) is 5.11 Å². The van der Waals surface area contributed by atoms with E-state index < -0.39 is 0 Å². The first-order valence-corrected chi connectivity index (χ1v) is 9.53. The van der Waals surface area contributed by atoms with Gasteiger partial charge in [-0.3, -0.25) is 0 Å². The van der Waals surface area contributed by atoms with Gasteiger partial charge in [0.05, 0.1) is 6.10 Å². The molecule has 1 aliphatic carbocycles. The molecule has 3 heteroatoms. The van der Waals surface area contributed by atoms with Crippen LogP contribution in [0.4, 0.5) is 5.69 Å². The predicted molar refractivity (Wildman–Crippen MR) is 103 cm³/mol. The van der Waals surface area contributed by atoms with Gasteiger partial charge in [-0.1, -0.05) is 48.5 Å². The highest BCUT2D eigenvalue weighted by Crippen LogP contribution is 2.54. The number of aliphatic hydroxyl groups is 1. The van der Waals surface area contributed by atoms with Crippen molar-refractivity contribution in [2.75, 3.05) is 24.5 Å². The zero-order valence-corrected chi connectivity index (χ0v) is 14.8. The van der Waals surface area contributed by atoms with Gasteiger partial charge in [-0.05, 0) is 43.4 Å². The summed E-state index contributed by atoms with van der Waals surface area (Å²) in [5.74, 6) is 0. The lowest BCUT2D eigenvalue weighted by Crippen LogP contribution is -2.44. The summed E-state index contributed by atoms with van der Waals surface area (Å²) in [6, 6.07) is 21.4. The minimum Gasteiger partial charge on any atom is -0.388 e. The van der Waals surface area contributed by atoms with Gasteiger partial charge in [0, 0.05) is 36.8 Å². The fourth-order valence-corrected chi connectivity index (χ4v) is 4.02. The Bertz CT molecular complexity index is 661. The van der Waals surface area contributed by atoms with Gasteiger partial charge in [0.15, 0.2) is 0 Å². The smallest absolute Gasteiger partial charge is 0.0858 e. The lowest BCUT2D eigenvalue weighted by atomic mass is 9.92. The van der Waals surface area contributed by atoms with Crippen LogP contribution in [0, 0.1) is 5.41 Å². The van der Waals surface area contributed by atoms with E-state index in [2.05, 4.69) is 40.5 Å². The number of hydrogen-bond acceptors (Lipinski definition) is 3. The van der Waals surface area contributed by atoms with Crippen molar-refractivity contribution in [3.8, 4) is 0 Å². The molecule has 0 spiro atoms. The quantitative estimate of drug-likeness (QED) is 0.843. The molecule has 1 unspecified atom stereocenters. The highest BCUT2D eigenvalue weighted by Gasteiger charge is 2.49. The Kier molecular flexibility index (Phi) is 4.78. The summed E-state index contributed by atoms with van der Waals surface area (Å²) in [4.78, 5) is 2.48. The molecule has 2 aromatic carbocycles. The Labute approximate surface area is 150 Å². The van der Waals surface area contributed by atoms with E-state index in [-0.39, 0.29) is 11.5 Å². The van der Waals surface area contributed by atoms with Crippen LogP contribution < -0.4 is 10.2 Å². The molecule has 4 rings (SSSR count). The maximum Gasteiger partial charge on any atom is 0.0858 e. The molecule has 2 fully saturated rings. The third kappa shape index (κ3) is 3.73. The topological polar surface area (TPSA) is 35.5 Å². The first-order valence-electron chi connectivity index (χ1n) is 9.53. The number of piperidine rings is 1. The summed E-state index contributed by atoms with van der Waals surface area (Å²) in [7, 11) is 0. The molecule has 2 aliphatic rings.